The lowest BCUT2D eigenvalue weighted by Gasteiger charge is -2.00. The van der Waals surface area contributed by atoms with Crippen molar-refractivity contribution in [3.63, 3.8) is 0 Å². The minimum Gasteiger partial charge on any atom is -0.267 e. The van der Waals surface area contributed by atoms with Crippen molar-refractivity contribution in [2.75, 3.05) is 0 Å². The minimum absolute atomic E-state index is 0.268. The van der Waals surface area contributed by atoms with E-state index in [1.54, 1.807) is 30.3 Å². The van der Waals surface area contributed by atoms with E-state index >= 15 is 0 Å². The first kappa shape index (κ1) is 13.8. The van der Waals surface area contributed by atoms with Gasteiger partial charge in [-0.1, -0.05) is 45.7 Å². The Kier molecular flexibility index (Phi) is 4.71. The molecule has 2 aromatic rings. The number of nitrogens with zero attached hydrogens (tertiary/aromatic N) is 1. The maximum atomic E-state index is 11.8. The lowest BCUT2D eigenvalue weighted by Crippen LogP contribution is -2.17. The Bertz CT molecular complexity index is 611. The van der Waals surface area contributed by atoms with Crippen molar-refractivity contribution in [1.29, 1.82) is 0 Å². The van der Waals surface area contributed by atoms with Gasteiger partial charge in [0.15, 0.2) is 0 Å². The van der Waals surface area contributed by atoms with Crippen molar-refractivity contribution in [3.05, 3.63) is 69.2 Å². The number of rotatable bonds is 3. The van der Waals surface area contributed by atoms with Crippen molar-refractivity contribution < 1.29 is 4.79 Å². The van der Waals surface area contributed by atoms with Gasteiger partial charge in [0.2, 0.25) is 0 Å². The lowest BCUT2D eigenvalue weighted by molar-refractivity contribution is 0.0955. The molecular formula is C14H10BrClN2O. The van der Waals surface area contributed by atoms with Gasteiger partial charge in [-0.05, 0) is 30.3 Å². The molecule has 0 radical (unpaired) electrons. The molecule has 5 heteroatoms. The second kappa shape index (κ2) is 6.50. The molecule has 0 atom stereocenters. The van der Waals surface area contributed by atoms with Crippen LogP contribution in [0.5, 0.6) is 0 Å². The van der Waals surface area contributed by atoms with Crippen molar-refractivity contribution in [2.45, 2.75) is 0 Å². The molecule has 0 fully saturated rings. The minimum atomic E-state index is -0.268. The van der Waals surface area contributed by atoms with E-state index < -0.39 is 0 Å². The van der Waals surface area contributed by atoms with Gasteiger partial charge in [0, 0.05) is 20.6 Å². The van der Waals surface area contributed by atoms with Crippen molar-refractivity contribution in [1.82, 2.24) is 5.43 Å². The van der Waals surface area contributed by atoms with Gasteiger partial charge in [-0.25, -0.2) is 5.43 Å². The predicted molar refractivity (Wildman–Crippen MR) is 80.7 cm³/mol. The summed E-state index contributed by atoms with van der Waals surface area (Å²) >= 11 is 9.27. The van der Waals surface area contributed by atoms with Gasteiger partial charge in [-0.3, -0.25) is 4.79 Å². The number of benzene rings is 2. The molecular weight excluding hydrogens is 328 g/mol. The van der Waals surface area contributed by atoms with Crippen LogP contribution in [0.15, 0.2) is 58.1 Å². The first-order valence-corrected chi connectivity index (χ1v) is 6.67. The van der Waals surface area contributed by atoms with Crippen molar-refractivity contribution in [3.8, 4) is 0 Å². The van der Waals surface area contributed by atoms with E-state index in [1.165, 1.54) is 6.21 Å². The Labute approximate surface area is 124 Å². The van der Waals surface area contributed by atoms with Gasteiger partial charge in [0.05, 0.1) is 6.21 Å². The average molecular weight is 338 g/mol. The third-order valence-corrected chi connectivity index (χ3v) is 3.25. The zero-order valence-electron chi connectivity index (χ0n) is 9.81. The van der Waals surface area contributed by atoms with Crippen LogP contribution in [0.25, 0.3) is 0 Å². The largest absolute Gasteiger partial charge is 0.271 e. The molecule has 0 aliphatic heterocycles. The molecule has 2 rings (SSSR count). The maximum absolute atomic E-state index is 11.8. The highest BCUT2D eigenvalue weighted by atomic mass is 79.9. The summed E-state index contributed by atoms with van der Waals surface area (Å²) in [6.07, 6.45) is 1.51. The fourth-order valence-electron chi connectivity index (χ4n) is 1.41. The average Bonchev–Trinajstić information content (AvgIpc) is 2.41. The monoisotopic (exact) mass is 336 g/mol. The third-order valence-electron chi connectivity index (χ3n) is 2.38. The van der Waals surface area contributed by atoms with E-state index in [0.717, 1.165) is 10.0 Å². The van der Waals surface area contributed by atoms with E-state index in [4.69, 9.17) is 11.6 Å². The van der Waals surface area contributed by atoms with Gasteiger partial charge in [0.25, 0.3) is 5.91 Å². The SMILES string of the molecule is O=C(NN=Cc1ccccc1Cl)c1ccc(Br)cc1. The van der Waals surface area contributed by atoms with E-state index in [1.807, 2.05) is 18.2 Å². The van der Waals surface area contributed by atoms with E-state index in [0.29, 0.717) is 10.6 Å². The molecule has 19 heavy (non-hydrogen) atoms. The second-order valence-electron chi connectivity index (χ2n) is 3.73. The summed E-state index contributed by atoms with van der Waals surface area (Å²) in [7, 11) is 0. The molecule has 0 aromatic heterocycles. The summed E-state index contributed by atoms with van der Waals surface area (Å²) in [5.74, 6) is -0.268. The number of carbonyl (C=O) groups is 1. The van der Waals surface area contributed by atoms with Gasteiger partial charge >= 0.3 is 0 Å². The summed E-state index contributed by atoms with van der Waals surface area (Å²) in [5, 5.41) is 4.47. The number of carbonyl (C=O) groups excluding carboxylic acids is 1. The standard InChI is InChI=1S/C14H10BrClN2O/c15-12-7-5-10(6-8-12)14(19)18-17-9-11-3-1-2-4-13(11)16/h1-9H,(H,18,19). The molecule has 3 nitrogen and oxygen atoms in total. The number of halogens is 2. The van der Waals surface area contributed by atoms with E-state index in [9.17, 15) is 4.79 Å². The van der Waals surface area contributed by atoms with E-state index in [2.05, 4.69) is 26.5 Å². The fourth-order valence-corrected chi connectivity index (χ4v) is 1.85. The van der Waals surface area contributed by atoms with E-state index in [-0.39, 0.29) is 5.91 Å². The van der Waals surface area contributed by atoms with Gasteiger partial charge in [-0.15, -0.1) is 0 Å². The molecule has 0 saturated carbocycles. The molecule has 1 N–H and O–H groups in total. The highest BCUT2D eigenvalue weighted by Gasteiger charge is 2.03. The van der Waals surface area contributed by atoms with Crippen LogP contribution >= 0.6 is 27.5 Å². The first-order valence-electron chi connectivity index (χ1n) is 5.50. The van der Waals surface area contributed by atoms with Crippen LogP contribution < -0.4 is 5.43 Å². The number of hydrazone groups is 1. The second-order valence-corrected chi connectivity index (χ2v) is 5.05. The van der Waals surface area contributed by atoms with Crippen molar-refractivity contribution >= 4 is 39.7 Å². The van der Waals surface area contributed by atoms with Gasteiger partial charge in [0.1, 0.15) is 0 Å². The van der Waals surface area contributed by atoms with Crippen LogP contribution in [0.4, 0.5) is 0 Å². The van der Waals surface area contributed by atoms with Crippen LogP contribution in [-0.2, 0) is 0 Å². The molecule has 0 heterocycles. The number of nitrogens with one attached hydrogen (secondary N) is 1. The van der Waals surface area contributed by atoms with Crippen LogP contribution in [0.3, 0.4) is 0 Å². The maximum Gasteiger partial charge on any atom is 0.271 e. The van der Waals surface area contributed by atoms with Crippen molar-refractivity contribution in [2.24, 2.45) is 5.10 Å². The first-order chi connectivity index (χ1) is 9.16. The molecule has 0 aliphatic carbocycles. The van der Waals surface area contributed by atoms with Crippen LogP contribution in [0.1, 0.15) is 15.9 Å². The van der Waals surface area contributed by atoms with Crippen LogP contribution in [0.2, 0.25) is 5.02 Å². The molecule has 0 saturated heterocycles. The number of hydrogen-bond acceptors (Lipinski definition) is 2. The third kappa shape index (κ3) is 3.91. The summed E-state index contributed by atoms with van der Waals surface area (Å²) in [4.78, 5) is 11.8. The molecule has 0 unspecified atom stereocenters. The Morgan fingerprint density at radius 2 is 1.84 bits per heavy atom. The molecule has 1 amide bonds. The molecule has 0 spiro atoms. The summed E-state index contributed by atoms with van der Waals surface area (Å²) in [6, 6.07) is 14.3. The number of amides is 1. The zero-order valence-corrected chi connectivity index (χ0v) is 12.1. The molecule has 0 aliphatic rings. The Balaban J connectivity index is 2.01. The lowest BCUT2D eigenvalue weighted by atomic mass is 10.2. The van der Waals surface area contributed by atoms with Gasteiger partial charge in [-0.2, -0.15) is 5.10 Å². The molecule has 2 aromatic carbocycles. The normalized spacial score (nSPS) is 10.6. The predicted octanol–water partition coefficient (Wildman–Crippen LogP) is 3.87. The summed E-state index contributed by atoms with van der Waals surface area (Å²) in [5.41, 5.74) is 3.74. The number of hydrogen-bond donors (Lipinski definition) is 1. The summed E-state index contributed by atoms with van der Waals surface area (Å²) < 4.78 is 0.920. The molecule has 96 valence electrons. The molecule has 0 bridgehead atoms. The highest BCUT2D eigenvalue weighted by molar-refractivity contribution is 9.10. The van der Waals surface area contributed by atoms with Gasteiger partial charge < -0.3 is 0 Å². The quantitative estimate of drug-likeness (QED) is 0.670. The topological polar surface area (TPSA) is 41.5 Å². The fraction of sp³-hybridized carbons (Fsp3) is 0. The smallest absolute Gasteiger partial charge is 0.267 e. The zero-order chi connectivity index (χ0) is 13.7. The Morgan fingerprint density at radius 1 is 1.16 bits per heavy atom. The Morgan fingerprint density at radius 3 is 2.53 bits per heavy atom. The van der Waals surface area contributed by atoms with Crippen LogP contribution in [0, 0.1) is 0 Å². The Hall–Kier alpha value is -1.65. The summed E-state index contributed by atoms with van der Waals surface area (Å²) in [6.45, 7) is 0. The highest BCUT2D eigenvalue weighted by Crippen LogP contribution is 2.12. The van der Waals surface area contributed by atoms with Crippen LogP contribution in [-0.4, -0.2) is 12.1 Å².